The maximum Gasteiger partial charge on any atom is 0.306 e. The highest BCUT2D eigenvalue weighted by molar-refractivity contribution is 6.11. The molecule has 0 bridgehead atoms. The summed E-state index contributed by atoms with van der Waals surface area (Å²) in [4.78, 5) is 35.6. The second-order valence-corrected chi connectivity index (χ2v) is 9.09. The van der Waals surface area contributed by atoms with Crippen LogP contribution in [0.2, 0.25) is 0 Å². The number of imide groups is 1. The quantitative estimate of drug-likeness (QED) is 0.334. The number of rotatable bonds is 9. The van der Waals surface area contributed by atoms with E-state index in [0.717, 1.165) is 37.7 Å². The zero-order chi connectivity index (χ0) is 23.1. The molecular formula is C26H31NO5. The van der Waals surface area contributed by atoms with E-state index in [4.69, 9.17) is 9.47 Å². The number of amides is 2. The molecule has 1 N–H and O–H groups in total. The number of carbonyl (C=O) groups is 3. The van der Waals surface area contributed by atoms with Crippen LogP contribution in [0.5, 0.6) is 11.5 Å². The normalized spacial score (nSPS) is 13.3. The van der Waals surface area contributed by atoms with Crippen LogP contribution in [-0.4, -0.2) is 23.4 Å². The number of benzene rings is 2. The third-order valence-electron chi connectivity index (χ3n) is 5.09. The molecule has 6 heteroatoms. The lowest BCUT2D eigenvalue weighted by Crippen LogP contribution is -2.37. The van der Waals surface area contributed by atoms with E-state index in [1.54, 1.807) is 18.2 Å². The Kier molecular flexibility index (Phi) is 7.67. The first-order valence-electron chi connectivity index (χ1n) is 11.2. The molecule has 0 atom stereocenters. The smallest absolute Gasteiger partial charge is 0.306 e. The van der Waals surface area contributed by atoms with Gasteiger partial charge < -0.3 is 9.47 Å². The highest BCUT2D eigenvalue weighted by atomic mass is 16.6. The summed E-state index contributed by atoms with van der Waals surface area (Å²) in [5.74, 6) is 0.253. The molecule has 3 rings (SSSR count). The molecule has 0 spiro atoms. The van der Waals surface area contributed by atoms with E-state index < -0.39 is 11.5 Å². The fraction of sp³-hybridized carbons (Fsp3) is 0.423. The SMILES string of the molecule is CC(C)(C)OC(=O)CCCCCCc1cccc(Oc2cccc3c2C(=O)NC(=O)C3)c1. The minimum atomic E-state index is -0.426. The molecule has 2 amide bonds. The van der Waals surface area contributed by atoms with Crippen molar-refractivity contribution >= 4 is 17.8 Å². The van der Waals surface area contributed by atoms with Gasteiger partial charge in [-0.3, -0.25) is 19.7 Å². The van der Waals surface area contributed by atoms with E-state index in [0.29, 0.717) is 29.0 Å². The molecule has 0 radical (unpaired) electrons. The monoisotopic (exact) mass is 437 g/mol. The van der Waals surface area contributed by atoms with E-state index in [9.17, 15) is 14.4 Å². The number of ether oxygens (including phenoxy) is 2. The third-order valence-corrected chi connectivity index (χ3v) is 5.09. The molecule has 1 aliphatic heterocycles. The Morgan fingerprint density at radius 2 is 1.75 bits per heavy atom. The highest BCUT2D eigenvalue weighted by Crippen LogP contribution is 2.30. The van der Waals surface area contributed by atoms with Gasteiger partial charge in [0.05, 0.1) is 12.0 Å². The van der Waals surface area contributed by atoms with Crippen molar-refractivity contribution < 1.29 is 23.9 Å². The number of nitrogens with one attached hydrogen (secondary N) is 1. The molecule has 2 aromatic carbocycles. The van der Waals surface area contributed by atoms with Gasteiger partial charge >= 0.3 is 5.97 Å². The van der Waals surface area contributed by atoms with E-state index in [2.05, 4.69) is 11.4 Å². The van der Waals surface area contributed by atoms with Gasteiger partial charge in [0, 0.05) is 6.42 Å². The lowest BCUT2D eigenvalue weighted by atomic mass is 9.99. The fourth-order valence-corrected chi connectivity index (χ4v) is 3.71. The van der Waals surface area contributed by atoms with Crippen molar-refractivity contribution in [3.63, 3.8) is 0 Å². The van der Waals surface area contributed by atoms with Crippen molar-refractivity contribution in [2.24, 2.45) is 0 Å². The van der Waals surface area contributed by atoms with Crippen LogP contribution in [0.25, 0.3) is 0 Å². The molecule has 0 saturated carbocycles. The van der Waals surface area contributed by atoms with Crippen LogP contribution < -0.4 is 10.1 Å². The van der Waals surface area contributed by atoms with Crippen molar-refractivity contribution in [3.05, 3.63) is 59.2 Å². The molecule has 2 aromatic rings. The van der Waals surface area contributed by atoms with Gasteiger partial charge in [-0.1, -0.05) is 37.1 Å². The summed E-state index contributed by atoms with van der Waals surface area (Å²) in [6, 6.07) is 13.1. The number of unbranched alkanes of at least 4 members (excludes halogenated alkanes) is 3. The largest absolute Gasteiger partial charge is 0.460 e. The molecule has 1 heterocycles. The topological polar surface area (TPSA) is 81.7 Å². The van der Waals surface area contributed by atoms with Crippen LogP contribution in [0, 0.1) is 0 Å². The molecule has 0 fully saturated rings. The van der Waals surface area contributed by atoms with Crippen LogP contribution in [0.4, 0.5) is 0 Å². The molecular weight excluding hydrogens is 406 g/mol. The second-order valence-electron chi connectivity index (χ2n) is 9.09. The second kappa shape index (κ2) is 10.4. The Bertz CT molecular complexity index is 990. The van der Waals surface area contributed by atoms with Crippen molar-refractivity contribution in [3.8, 4) is 11.5 Å². The summed E-state index contributed by atoms with van der Waals surface area (Å²) >= 11 is 0. The Balaban J connectivity index is 1.49. The minimum absolute atomic E-state index is 0.136. The standard InChI is InChI=1S/C26H31NO5/c1-26(2,3)32-23(29)15-7-5-4-6-10-18-11-8-13-20(16-18)31-21-14-9-12-19-17-22(28)27-25(30)24(19)21/h8-9,11-14,16H,4-7,10,15,17H2,1-3H3,(H,27,28,30). The minimum Gasteiger partial charge on any atom is -0.460 e. The van der Waals surface area contributed by atoms with Gasteiger partial charge in [-0.15, -0.1) is 0 Å². The Labute approximate surface area is 189 Å². The highest BCUT2D eigenvalue weighted by Gasteiger charge is 2.26. The van der Waals surface area contributed by atoms with E-state index in [1.807, 2.05) is 39.0 Å². The van der Waals surface area contributed by atoms with Crippen molar-refractivity contribution in [2.45, 2.75) is 71.3 Å². The number of hydrogen-bond acceptors (Lipinski definition) is 5. The van der Waals surface area contributed by atoms with Gasteiger partial charge in [0.25, 0.3) is 5.91 Å². The molecule has 0 aliphatic carbocycles. The van der Waals surface area contributed by atoms with Crippen LogP contribution in [0.15, 0.2) is 42.5 Å². The molecule has 0 aromatic heterocycles. The van der Waals surface area contributed by atoms with Gasteiger partial charge in [-0.25, -0.2) is 0 Å². The van der Waals surface area contributed by atoms with Crippen LogP contribution in [0.1, 0.15) is 74.4 Å². The zero-order valence-corrected chi connectivity index (χ0v) is 19.0. The number of aryl methyl sites for hydroxylation is 1. The summed E-state index contributed by atoms with van der Waals surface area (Å²) in [6.07, 6.45) is 5.41. The predicted octanol–water partition coefficient (Wildman–Crippen LogP) is 5.13. The Morgan fingerprint density at radius 3 is 2.53 bits per heavy atom. The lowest BCUT2D eigenvalue weighted by molar-refractivity contribution is -0.154. The van der Waals surface area contributed by atoms with Crippen LogP contribution in [-0.2, 0) is 27.2 Å². The molecule has 32 heavy (non-hydrogen) atoms. The van der Waals surface area contributed by atoms with Crippen molar-refractivity contribution in [1.29, 1.82) is 0 Å². The molecule has 0 unspecified atom stereocenters. The van der Waals surface area contributed by atoms with E-state index in [1.165, 1.54) is 0 Å². The maximum absolute atomic E-state index is 12.3. The van der Waals surface area contributed by atoms with Gasteiger partial charge in [0.2, 0.25) is 5.91 Å². The third kappa shape index (κ3) is 6.94. The first-order chi connectivity index (χ1) is 15.2. The number of esters is 1. The van der Waals surface area contributed by atoms with Gasteiger partial charge in [0.15, 0.2) is 0 Å². The Morgan fingerprint density at radius 1 is 1.00 bits per heavy atom. The predicted molar refractivity (Wildman–Crippen MR) is 122 cm³/mol. The van der Waals surface area contributed by atoms with Gasteiger partial charge in [-0.05, 0) is 69.4 Å². The average molecular weight is 438 g/mol. The number of hydrogen-bond donors (Lipinski definition) is 1. The first-order valence-corrected chi connectivity index (χ1v) is 11.2. The molecule has 0 saturated heterocycles. The van der Waals surface area contributed by atoms with Gasteiger partial charge in [-0.2, -0.15) is 0 Å². The fourth-order valence-electron chi connectivity index (χ4n) is 3.71. The lowest BCUT2D eigenvalue weighted by Gasteiger charge is -2.19. The maximum atomic E-state index is 12.3. The van der Waals surface area contributed by atoms with E-state index in [-0.39, 0.29) is 18.3 Å². The van der Waals surface area contributed by atoms with Crippen molar-refractivity contribution in [1.82, 2.24) is 5.32 Å². The van der Waals surface area contributed by atoms with Crippen molar-refractivity contribution in [2.75, 3.05) is 0 Å². The summed E-state index contributed by atoms with van der Waals surface area (Å²) < 4.78 is 11.3. The molecule has 170 valence electrons. The number of carbonyl (C=O) groups excluding carboxylic acids is 3. The van der Waals surface area contributed by atoms with Crippen LogP contribution >= 0.6 is 0 Å². The summed E-state index contributed by atoms with van der Waals surface area (Å²) in [5.41, 5.74) is 1.82. The van der Waals surface area contributed by atoms with E-state index >= 15 is 0 Å². The Hall–Kier alpha value is -3.15. The molecule has 1 aliphatic rings. The summed E-state index contributed by atoms with van der Waals surface area (Å²) in [7, 11) is 0. The average Bonchev–Trinajstić information content (AvgIpc) is 2.69. The van der Waals surface area contributed by atoms with Gasteiger partial charge in [0.1, 0.15) is 17.1 Å². The van der Waals surface area contributed by atoms with Crippen LogP contribution in [0.3, 0.4) is 0 Å². The summed E-state index contributed by atoms with van der Waals surface area (Å²) in [5, 5.41) is 2.35. The summed E-state index contributed by atoms with van der Waals surface area (Å²) in [6.45, 7) is 5.64. The number of fused-ring (bicyclic) bond motifs is 1. The molecule has 6 nitrogen and oxygen atoms in total. The zero-order valence-electron chi connectivity index (χ0n) is 19.0. The first kappa shape index (κ1) is 23.5.